The van der Waals surface area contributed by atoms with E-state index in [2.05, 4.69) is 26.5 Å². The Kier molecular flexibility index (Phi) is 6.36. The van der Waals surface area contributed by atoms with E-state index < -0.39 is 0 Å². The molecule has 6 nitrogen and oxygen atoms in total. The molecule has 2 heterocycles. The van der Waals surface area contributed by atoms with Crippen molar-refractivity contribution in [1.82, 2.24) is 20.4 Å². The van der Waals surface area contributed by atoms with E-state index in [0.29, 0.717) is 23.7 Å². The largest absolute Gasteiger partial charge is 0.374 e. The van der Waals surface area contributed by atoms with Crippen LogP contribution in [0.1, 0.15) is 46.6 Å². The van der Waals surface area contributed by atoms with Crippen LogP contribution in [0.15, 0.2) is 24.3 Å². The maximum absolute atomic E-state index is 12.4. The van der Waals surface area contributed by atoms with Gasteiger partial charge in [-0.2, -0.15) is 0 Å². The van der Waals surface area contributed by atoms with Gasteiger partial charge >= 0.3 is 0 Å². The highest BCUT2D eigenvalue weighted by molar-refractivity contribution is 7.15. The van der Waals surface area contributed by atoms with Gasteiger partial charge in [0.1, 0.15) is 5.01 Å². The fourth-order valence-electron chi connectivity index (χ4n) is 3.12. The molecule has 0 bridgehead atoms. The third kappa shape index (κ3) is 5.51. The fourth-order valence-corrected chi connectivity index (χ4v) is 3.72. The number of rotatable bonds is 6. The Morgan fingerprint density at radius 3 is 2.72 bits per heavy atom. The van der Waals surface area contributed by atoms with Gasteiger partial charge in [-0.05, 0) is 43.6 Å². The second-order valence-corrected chi connectivity index (χ2v) is 7.52. The number of nitrogen functional groups attached to an aromatic ring is 1. The molecular weight excluding hydrogens is 334 g/mol. The number of nitrogens with one attached hydrogen (secondary N) is 1. The van der Waals surface area contributed by atoms with Gasteiger partial charge in [-0.1, -0.05) is 36.3 Å². The van der Waals surface area contributed by atoms with E-state index in [0.717, 1.165) is 24.6 Å². The summed E-state index contributed by atoms with van der Waals surface area (Å²) in [5.41, 5.74) is 7.47. The van der Waals surface area contributed by atoms with E-state index in [1.165, 1.54) is 42.6 Å². The lowest BCUT2D eigenvalue weighted by atomic mass is 10.1. The van der Waals surface area contributed by atoms with Crippen LogP contribution in [-0.4, -0.2) is 40.6 Å². The van der Waals surface area contributed by atoms with Gasteiger partial charge in [0, 0.05) is 25.1 Å². The zero-order valence-electron chi connectivity index (χ0n) is 14.4. The number of carbonyl (C=O) groups excluding carboxylic acids is 1. The van der Waals surface area contributed by atoms with Crippen molar-refractivity contribution in [2.75, 3.05) is 25.4 Å². The van der Waals surface area contributed by atoms with Crippen LogP contribution >= 0.6 is 11.3 Å². The van der Waals surface area contributed by atoms with Crippen LogP contribution in [0, 0.1) is 0 Å². The van der Waals surface area contributed by atoms with Gasteiger partial charge in [0.2, 0.25) is 5.13 Å². The lowest BCUT2D eigenvalue weighted by molar-refractivity contribution is 0.0954. The minimum atomic E-state index is -0.0461. The zero-order valence-corrected chi connectivity index (χ0v) is 15.2. The van der Waals surface area contributed by atoms with Gasteiger partial charge in [-0.15, -0.1) is 10.2 Å². The van der Waals surface area contributed by atoms with E-state index >= 15 is 0 Å². The Labute approximate surface area is 152 Å². The Hall–Kier alpha value is -1.99. The van der Waals surface area contributed by atoms with Crippen molar-refractivity contribution in [3.63, 3.8) is 0 Å². The van der Waals surface area contributed by atoms with Crippen LogP contribution in [0.3, 0.4) is 0 Å². The molecule has 3 N–H and O–H groups in total. The molecule has 0 unspecified atom stereocenters. The number of carbonyl (C=O) groups is 1. The van der Waals surface area contributed by atoms with Crippen molar-refractivity contribution in [1.29, 1.82) is 0 Å². The molecule has 1 fully saturated rings. The molecule has 1 aromatic heterocycles. The van der Waals surface area contributed by atoms with Crippen molar-refractivity contribution < 1.29 is 4.79 Å². The van der Waals surface area contributed by atoms with Crippen molar-refractivity contribution in [3.05, 3.63) is 40.4 Å². The second kappa shape index (κ2) is 8.92. The average molecular weight is 359 g/mol. The van der Waals surface area contributed by atoms with Crippen molar-refractivity contribution in [2.24, 2.45) is 0 Å². The van der Waals surface area contributed by atoms with Crippen LogP contribution in [0.5, 0.6) is 0 Å². The average Bonchev–Trinajstić information content (AvgIpc) is 2.86. The highest BCUT2D eigenvalue weighted by Crippen LogP contribution is 2.14. The summed E-state index contributed by atoms with van der Waals surface area (Å²) in [5.74, 6) is -0.0461. The van der Waals surface area contributed by atoms with Gasteiger partial charge in [-0.25, -0.2) is 0 Å². The first-order valence-electron chi connectivity index (χ1n) is 8.88. The Morgan fingerprint density at radius 1 is 1.20 bits per heavy atom. The lowest BCUT2D eigenvalue weighted by Crippen LogP contribution is -2.26. The summed E-state index contributed by atoms with van der Waals surface area (Å²) in [7, 11) is 0. The molecule has 0 atom stereocenters. The first-order chi connectivity index (χ1) is 12.2. The first-order valence-corrected chi connectivity index (χ1v) is 9.70. The molecule has 3 rings (SSSR count). The van der Waals surface area contributed by atoms with E-state index in [1.807, 2.05) is 18.2 Å². The van der Waals surface area contributed by atoms with E-state index in [4.69, 9.17) is 5.73 Å². The Bertz CT molecular complexity index is 694. The summed E-state index contributed by atoms with van der Waals surface area (Å²) >= 11 is 1.36. The molecule has 0 spiro atoms. The van der Waals surface area contributed by atoms with Gasteiger partial charge in [0.05, 0.1) is 0 Å². The number of benzene rings is 1. The van der Waals surface area contributed by atoms with Crippen molar-refractivity contribution >= 4 is 22.4 Å². The number of nitrogens with two attached hydrogens (primary N) is 1. The predicted molar refractivity (Wildman–Crippen MR) is 101 cm³/mol. The number of nitrogens with zero attached hydrogens (tertiary/aromatic N) is 3. The molecule has 1 amide bonds. The summed E-state index contributed by atoms with van der Waals surface area (Å²) in [6.07, 6.45) is 5.86. The van der Waals surface area contributed by atoms with E-state index in [1.54, 1.807) is 0 Å². The number of amides is 1. The Balaban J connectivity index is 1.51. The highest BCUT2D eigenvalue weighted by Gasteiger charge is 2.11. The van der Waals surface area contributed by atoms with Crippen LogP contribution in [0.2, 0.25) is 0 Å². The number of anilines is 1. The molecule has 0 radical (unpaired) electrons. The molecule has 0 aliphatic carbocycles. The molecule has 1 aliphatic rings. The summed E-state index contributed by atoms with van der Waals surface area (Å²) in [6.45, 7) is 3.76. The van der Waals surface area contributed by atoms with Crippen molar-refractivity contribution in [2.45, 2.75) is 38.6 Å². The molecule has 2 aromatic rings. The van der Waals surface area contributed by atoms with Gasteiger partial charge in [0.15, 0.2) is 0 Å². The van der Waals surface area contributed by atoms with Crippen LogP contribution in [0.25, 0.3) is 0 Å². The maximum Gasteiger partial charge on any atom is 0.251 e. The first kappa shape index (κ1) is 17.8. The van der Waals surface area contributed by atoms with Crippen LogP contribution in [0.4, 0.5) is 5.13 Å². The monoisotopic (exact) mass is 359 g/mol. The van der Waals surface area contributed by atoms with Gasteiger partial charge < -0.3 is 11.1 Å². The Morgan fingerprint density at radius 2 is 2.00 bits per heavy atom. The summed E-state index contributed by atoms with van der Waals surface area (Å²) in [6, 6.07) is 7.94. The quantitative estimate of drug-likeness (QED) is 0.828. The second-order valence-electron chi connectivity index (χ2n) is 6.43. The zero-order chi connectivity index (χ0) is 17.5. The smallest absolute Gasteiger partial charge is 0.251 e. The third-order valence-electron chi connectivity index (χ3n) is 4.40. The predicted octanol–water partition coefficient (Wildman–Crippen LogP) is 2.47. The normalized spacial score (nSPS) is 15.7. The minimum absolute atomic E-state index is 0.0461. The van der Waals surface area contributed by atoms with Crippen molar-refractivity contribution in [3.8, 4) is 0 Å². The molecule has 25 heavy (non-hydrogen) atoms. The third-order valence-corrected chi connectivity index (χ3v) is 5.21. The maximum atomic E-state index is 12.4. The van der Waals surface area contributed by atoms with E-state index in [-0.39, 0.29) is 5.91 Å². The lowest BCUT2D eigenvalue weighted by Gasteiger charge is -2.20. The summed E-state index contributed by atoms with van der Waals surface area (Å²) < 4.78 is 0. The molecule has 7 heteroatoms. The summed E-state index contributed by atoms with van der Waals surface area (Å²) in [5, 5.41) is 12.0. The standard InChI is InChI=1S/C18H25N5OS/c19-18-22-21-16(25-18)8-9-20-17(24)15-7-5-6-14(12-15)13-23-10-3-1-2-4-11-23/h5-7,12H,1-4,8-11,13H2,(H2,19,22)(H,20,24). The summed E-state index contributed by atoms with van der Waals surface area (Å²) in [4.78, 5) is 14.8. The molecular formula is C18H25N5OS. The molecule has 134 valence electrons. The number of likely N-dealkylation sites (tertiary alicyclic amines) is 1. The molecule has 1 saturated heterocycles. The fraction of sp³-hybridized carbons (Fsp3) is 0.500. The SMILES string of the molecule is Nc1nnc(CCNC(=O)c2cccc(CN3CCCCCC3)c2)s1. The number of aromatic nitrogens is 2. The molecule has 1 aromatic carbocycles. The van der Waals surface area contributed by atoms with Gasteiger partial charge in [0.25, 0.3) is 5.91 Å². The number of hydrogen-bond donors (Lipinski definition) is 2. The number of hydrogen-bond acceptors (Lipinski definition) is 6. The minimum Gasteiger partial charge on any atom is -0.374 e. The van der Waals surface area contributed by atoms with Crippen LogP contribution < -0.4 is 11.1 Å². The molecule has 0 saturated carbocycles. The van der Waals surface area contributed by atoms with E-state index in [9.17, 15) is 4.79 Å². The molecule has 1 aliphatic heterocycles. The highest BCUT2D eigenvalue weighted by atomic mass is 32.1. The topological polar surface area (TPSA) is 84.1 Å². The van der Waals surface area contributed by atoms with Gasteiger partial charge in [-0.3, -0.25) is 9.69 Å². The van der Waals surface area contributed by atoms with Crippen LogP contribution in [-0.2, 0) is 13.0 Å².